The Morgan fingerprint density at radius 2 is 2.17 bits per heavy atom. The summed E-state index contributed by atoms with van der Waals surface area (Å²) in [5.41, 5.74) is 4.07. The van der Waals surface area contributed by atoms with Crippen molar-refractivity contribution in [1.29, 1.82) is 0 Å². The highest BCUT2D eigenvalue weighted by atomic mass is 79.9. The Kier molecular flexibility index (Phi) is 4.41. The summed E-state index contributed by atoms with van der Waals surface area (Å²) in [6.07, 6.45) is 2.14. The molecule has 0 saturated carbocycles. The van der Waals surface area contributed by atoms with Gasteiger partial charge in [0.15, 0.2) is 0 Å². The summed E-state index contributed by atoms with van der Waals surface area (Å²) in [5, 5.41) is 0. The predicted octanol–water partition coefficient (Wildman–Crippen LogP) is 2.73. The van der Waals surface area contributed by atoms with E-state index >= 15 is 0 Å². The molecule has 1 unspecified atom stereocenters. The summed E-state index contributed by atoms with van der Waals surface area (Å²) in [6, 6.07) is 10.4. The molecule has 94 valence electrons. The quantitative estimate of drug-likeness (QED) is 0.674. The Hall–Kier alpha value is -1.30. The topological polar surface area (TPSA) is 50.9 Å². The van der Waals surface area contributed by atoms with Crippen LogP contribution in [0, 0.1) is 5.82 Å². The van der Waals surface area contributed by atoms with Crippen molar-refractivity contribution in [1.82, 2.24) is 10.4 Å². The number of benzene rings is 1. The summed E-state index contributed by atoms with van der Waals surface area (Å²) in [6.45, 7) is 0. The molecule has 0 radical (unpaired) electrons. The normalized spacial score (nSPS) is 12.4. The molecule has 5 heteroatoms. The maximum absolute atomic E-state index is 13.7. The van der Waals surface area contributed by atoms with E-state index in [9.17, 15) is 4.39 Å². The predicted molar refractivity (Wildman–Crippen MR) is 72.1 cm³/mol. The molecule has 18 heavy (non-hydrogen) atoms. The smallest absolute Gasteiger partial charge is 0.127 e. The summed E-state index contributed by atoms with van der Waals surface area (Å²) in [4.78, 5) is 4.22. The Balaban J connectivity index is 2.21. The summed E-state index contributed by atoms with van der Waals surface area (Å²) >= 11 is 3.23. The lowest BCUT2D eigenvalue weighted by atomic mass is 10.0. The Bertz CT molecular complexity index is 519. The van der Waals surface area contributed by atoms with Gasteiger partial charge in [-0.25, -0.2) is 4.39 Å². The number of hydrogen-bond donors (Lipinski definition) is 2. The molecule has 0 fully saturated rings. The molecule has 0 aliphatic rings. The van der Waals surface area contributed by atoms with Crippen molar-refractivity contribution in [2.24, 2.45) is 5.84 Å². The van der Waals surface area contributed by atoms with Gasteiger partial charge in [-0.3, -0.25) is 16.3 Å². The van der Waals surface area contributed by atoms with Crippen LogP contribution >= 0.6 is 15.9 Å². The van der Waals surface area contributed by atoms with Gasteiger partial charge in [0.2, 0.25) is 0 Å². The fraction of sp³-hybridized carbons (Fsp3) is 0.154. The number of halogens is 2. The molecular weight excluding hydrogens is 297 g/mol. The third-order valence-electron chi connectivity index (χ3n) is 2.69. The monoisotopic (exact) mass is 309 g/mol. The molecule has 1 aromatic carbocycles. The van der Waals surface area contributed by atoms with Crippen molar-refractivity contribution in [2.45, 2.75) is 12.5 Å². The van der Waals surface area contributed by atoms with E-state index in [0.717, 1.165) is 10.2 Å². The number of rotatable bonds is 4. The minimum absolute atomic E-state index is 0.207. The van der Waals surface area contributed by atoms with Gasteiger partial charge in [0.05, 0.1) is 11.7 Å². The van der Waals surface area contributed by atoms with Gasteiger partial charge in [-0.15, -0.1) is 0 Å². The average Bonchev–Trinajstić information content (AvgIpc) is 2.39. The highest BCUT2D eigenvalue weighted by Gasteiger charge is 2.14. The summed E-state index contributed by atoms with van der Waals surface area (Å²) < 4.78 is 14.5. The second-order valence-electron chi connectivity index (χ2n) is 3.91. The Morgan fingerprint density at radius 1 is 1.33 bits per heavy atom. The van der Waals surface area contributed by atoms with Crippen molar-refractivity contribution < 1.29 is 4.39 Å². The van der Waals surface area contributed by atoms with E-state index in [2.05, 4.69) is 26.3 Å². The second-order valence-corrected chi connectivity index (χ2v) is 4.83. The Labute approximate surface area is 113 Å². The summed E-state index contributed by atoms with van der Waals surface area (Å²) in [7, 11) is 0. The highest BCUT2D eigenvalue weighted by Crippen LogP contribution is 2.20. The van der Waals surface area contributed by atoms with Crippen LogP contribution in [0.25, 0.3) is 0 Å². The minimum atomic E-state index is -0.249. The van der Waals surface area contributed by atoms with Crippen LogP contribution < -0.4 is 11.3 Å². The van der Waals surface area contributed by atoms with Gasteiger partial charge in [0.1, 0.15) is 5.82 Å². The molecule has 0 aliphatic heterocycles. The zero-order chi connectivity index (χ0) is 13.0. The van der Waals surface area contributed by atoms with E-state index in [-0.39, 0.29) is 11.9 Å². The first-order valence-electron chi connectivity index (χ1n) is 5.51. The molecule has 2 aromatic rings. The average molecular weight is 310 g/mol. The van der Waals surface area contributed by atoms with Gasteiger partial charge in [-0.05, 0) is 36.2 Å². The molecule has 1 atom stereocenters. The fourth-order valence-corrected chi connectivity index (χ4v) is 2.07. The maximum atomic E-state index is 13.7. The first kappa shape index (κ1) is 13.1. The van der Waals surface area contributed by atoms with Crippen LogP contribution in [-0.2, 0) is 6.42 Å². The van der Waals surface area contributed by atoms with E-state index in [0.29, 0.717) is 12.0 Å². The van der Waals surface area contributed by atoms with Crippen molar-refractivity contribution in [2.75, 3.05) is 0 Å². The van der Waals surface area contributed by atoms with E-state index in [4.69, 9.17) is 5.84 Å². The number of nitrogens with zero attached hydrogens (tertiary/aromatic N) is 1. The molecule has 3 nitrogen and oxygen atoms in total. The lowest BCUT2D eigenvalue weighted by Crippen LogP contribution is -2.30. The van der Waals surface area contributed by atoms with Crippen molar-refractivity contribution in [3.05, 3.63) is 64.1 Å². The van der Waals surface area contributed by atoms with Gasteiger partial charge in [0, 0.05) is 10.7 Å². The number of hydrogen-bond acceptors (Lipinski definition) is 3. The van der Waals surface area contributed by atoms with E-state index in [1.165, 1.54) is 6.07 Å². The van der Waals surface area contributed by atoms with Crippen molar-refractivity contribution in [3.8, 4) is 0 Å². The Morgan fingerprint density at radius 3 is 2.78 bits per heavy atom. The number of pyridine rings is 1. The molecule has 2 rings (SSSR count). The second kappa shape index (κ2) is 6.04. The molecule has 1 aromatic heterocycles. The molecule has 0 amide bonds. The van der Waals surface area contributed by atoms with Crippen molar-refractivity contribution >= 4 is 15.9 Å². The van der Waals surface area contributed by atoms with Gasteiger partial charge >= 0.3 is 0 Å². The van der Waals surface area contributed by atoms with Crippen LogP contribution in [0.5, 0.6) is 0 Å². The van der Waals surface area contributed by atoms with E-state index in [1.807, 2.05) is 24.3 Å². The largest absolute Gasteiger partial charge is 0.271 e. The van der Waals surface area contributed by atoms with Crippen LogP contribution in [-0.4, -0.2) is 4.98 Å². The molecule has 0 aliphatic carbocycles. The standard InChI is InChI=1S/C13H13BrFN3/c14-10-5-4-9(11(15)8-10)7-13(18-16)12-3-1-2-6-17-12/h1-6,8,13,18H,7,16H2. The molecular formula is C13H13BrFN3. The molecule has 0 bridgehead atoms. The third-order valence-corrected chi connectivity index (χ3v) is 3.18. The van der Waals surface area contributed by atoms with Crippen LogP contribution in [0.15, 0.2) is 47.1 Å². The maximum Gasteiger partial charge on any atom is 0.127 e. The number of nitrogens with two attached hydrogens (primary N) is 1. The van der Waals surface area contributed by atoms with Gasteiger partial charge < -0.3 is 0 Å². The lowest BCUT2D eigenvalue weighted by Gasteiger charge is -2.15. The van der Waals surface area contributed by atoms with E-state index in [1.54, 1.807) is 12.3 Å². The van der Waals surface area contributed by atoms with Crippen LogP contribution in [0.3, 0.4) is 0 Å². The highest BCUT2D eigenvalue weighted by molar-refractivity contribution is 9.10. The molecule has 3 N–H and O–H groups in total. The molecule has 0 saturated heterocycles. The van der Waals surface area contributed by atoms with Crippen LogP contribution in [0.4, 0.5) is 4.39 Å². The minimum Gasteiger partial charge on any atom is -0.271 e. The number of hydrazine groups is 1. The summed E-state index contributed by atoms with van der Waals surface area (Å²) in [5.74, 6) is 5.26. The zero-order valence-electron chi connectivity index (χ0n) is 9.61. The van der Waals surface area contributed by atoms with E-state index < -0.39 is 0 Å². The molecule has 1 heterocycles. The number of nitrogens with one attached hydrogen (secondary N) is 1. The van der Waals surface area contributed by atoms with Gasteiger partial charge in [0.25, 0.3) is 0 Å². The molecule has 0 spiro atoms. The third kappa shape index (κ3) is 3.13. The fourth-order valence-electron chi connectivity index (χ4n) is 1.74. The first-order valence-corrected chi connectivity index (χ1v) is 6.31. The lowest BCUT2D eigenvalue weighted by molar-refractivity contribution is 0.518. The SMILES string of the molecule is NNC(Cc1ccc(Br)cc1F)c1ccccn1. The van der Waals surface area contributed by atoms with Gasteiger partial charge in [-0.2, -0.15) is 0 Å². The van der Waals surface area contributed by atoms with Crippen LogP contribution in [0.2, 0.25) is 0 Å². The number of aromatic nitrogens is 1. The van der Waals surface area contributed by atoms with Crippen molar-refractivity contribution in [3.63, 3.8) is 0 Å². The first-order chi connectivity index (χ1) is 8.70. The van der Waals surface area contributed by atoms with Crippen LogP contribution in [0.1, 0.15) is 17.3 Å². The zero-order valence-corrected chi connectivity index (χ0v) is 11.2. The van der Waals surface area contributed by atoms with Gasteiger partial charge in [-0.1, -0.05) is 28.1 Å².